The van der Waals surface area contributed by atoms with E-state index >= 15 is 0 Å². The summed E-state index contributed by atoms with van der Waals surface area (Å²) in [6.45, 7) is 14.1. The van der Waals surface area contributed by atoms with Gasteiger partial charge >= 0.3 is 0 Å². The molecule has 1 aromatic heterocycles. The van der Waals surface area contributed by atoms with Crippen LogP contribution in [-0.2, 0) is 19.4 Å². The summed E-state index contributed by atoms with van der Waals surface area (Å²) < 4.78 is 2.19. The van der Waals surface area contributed by atoms with E-state index in [0.29, 0.717) is 12.1 Å². The van der Waals surface area contributed by atoms with Crippen molar-refractivity contribution in [3.8, 4) is 0 Å². The average Bonchev–Trinajstić information content (AvgIpc) is 2.63. The van der Waals surface area contributed by atoms with Crippen molar-refractivity contribution >= 4 is 0 Å². The molecule has 3 heteroatoms. The Hall–Kier alpha value is -0.830. The largest absolute Gasteiger partial charge is 0.310 e. The summed E-state index contributed by atoms with van der Waals surface area (Å²) in [4.78, 5) is 0. The molecule has 0 fully saturated rings. The van der Waals surface area contributed by atoms with Gasteiger partial charge in [-0.1, -0.05) is 27.7 Å². The third-order valence-electron chi connectivity index (χ3n) is 3.05. The van der Waals surface area contributed by atoms with Gasteiger partial charge in [-0.25, -0.2) is 0 Å². The van der Waals surface area contributed by atoms with Gasteiger partial charge < -0.3 is 5.32 Å². The molecule has 0 spiro atoms. The van der Waals surface area contributed by atoms with E-state index in [9.17, 15) is 0 Å². The van der Waals surface area contributed by atoms with Crippen molar-refractivity contribution in [2.75, 3.05) is 0 Å². The Kier molecular flexibility index (Phi) is 5.19. The molecule has 0 radical (unpaired) electrons. The number of nitrogens with zero attached hydrogens (tertiary/aromatic N) is 2. The van der Waals surface area contributed by atoms with E-state index in [2.05, 4.69) is 51.5 Å². The summed E-state index contributed by atoms with van der Waals surface area (Å²) in [5.74, 6) is 0. The summed E-state index contributed by atoms with van der Waals surface area (Å²) in [7, 11) is 0. The summed E-state index contributed by atoms with van der Waals surface area (Å²) >= 11 is 0. The zero-order valence-corrected chi connectivity index (χ0v) is 12.2. The molecule has 1 rings (SSSR count). The van der Waals surface area contributed by atoms with Gasteiger partial charge in [0.05, 0.1) is 5.69 Å². The zero-order valence-electron chi connectivity index (χ0n) is 12.2. The minimum absolute atomic E-state index is 0.447. The number of aromatic nitrogens is 2. The van der Waals surface area contributed by atoms with Gasteiger partial charge in [0.25, 0.3) is 0 Å². The van der Waals surface area contributed by atoms with Crippen LogP contribution in [-0.4, -0.2) is 15.8 Å². The lowest BCUT2D eigenvalue weighted by Gasteiger charge is -2.12. The summed E-state index contributed by atoms with van der Waals surface area (Å²) in [6, 6.07) is 0.967. The van der Waals surface area contributed by atoms with E-state index in [1.807, 2.05) is 0 Å². The van der Waals surface area contributed by atoms with Gasteiger partial charge in [0.15, 0.2) is 0 Å². The molecule has 0 aliphatic carbocycles. The van der Waals surface area contributed by atoms with Crippen molar-refractivity contribution in [3.63, 3.8) is 0 Å². The predicted molar refractivity (Wildman–Crippen MR) is 73.3 cm³/mol. The molecule has 1 heterocycles. The second kappa shape index (κ2) is 6.20. The van der Waals surface area contributed by atoms with Gasteiger partial charge in [-0.05, 0) is 26.7 Å². The van der Waals surface area contributed by atoms with Gasteiger partial charge in [0, 0.05) is 29.9 Å². The van der Waals surface area contributed by atoms with Crippen LogP contribution in [0.25, 0.3) is 0 Å². The fraction of sp³-hybridized carbons (Fsp3) is 0.786. The van der Waals surface area contributed by atoms with E-state index < -0.39 is 0 Å². The van der Waals surface area contributed by atoms with Gasteiger partial charge in [0.1, 0.15) is 0 Å². The molecule has 1 N–H and O–H groups in total. The Morgan fingerprint density at radius 1 is 1.12 bits per heavy atom. The van der Waals surface area contributed by atoms with Crippen LogP contribution >= 0.6 is 0 Å². The molecule has 3 nitrogen and oxygen atoms in total. The Balaban J connectivity index is 3.06. The first kappa shape index (κ1) is 14.2. The number of aryl methyl sites for hydroxylation is 1. The highest BCUT2D eigenvalue weighted by Gasteiger charge is 2.16. The van der Waals surface area contributed by atoms with Gasteiger partial charge in [-0.15, -0.1) is 0 Å². The fourth-order valence-electron chi connectivity index (χ4n) is 2.15. The Bertz CT molecular complexity index is 351. The SMILES string of the molecule is CCc1nn(C(C)C)c(CC)c1CNC(C)C. The summed E-state index contributed by atoms with van der Waals surface area (Å²) in [5.41, 5.74) is 4.06. The van der Waals surface area contributed by atoms with Crippen molar-refractivity contribution in [2.24, 2.45) is 0 Å². The number of hydrogen-bond acceptors (Lipinski definition) is 2. The van der Waals surface area contributed by atoms with Crippen LogP contribution in [0, 0.1) is 0 Å². The van der Waals surface area contributed by atoms with Crippen LogP contribution in [0.15, 0.2) is 0 Å². The molecule has 0 amide bonds. The topological polar surface area (TPSA) is 29.9 Å². The van der Waals surface area contributed by atoms with Crippen LogP contribution in [0.2, 0.25) is 0 Å². The van der Waals surface area contributed by atoms with Crippen molar-refractivity contribution in [1.29, 1.82) is 0 Å². The Labute approximate surface area is 106 Å². The summed E-state index contributed by atoms with van der Waals surface area (Å²) in [6.07, 6.45) is 2.07. The lowest BCUT2D eigenvalue weighted by Crippen LogP contribution is -2.23. The average molecular weight is 237 g/mol. The highest BCUT2D eigenvalue weighted by Crippen LogP contribution is 2.20. The lowest BCUT2D eigenvalue weighted by atomic mass is 10.1. The quantitative estimate of drug-likeness (QED) is 0.824. The second-order valence-corrected chi connectivity index (χ2v) is 5.15. The van der Waals surface area contributed by atoms with E-state index in [0.717, 1.165) is 19.4 Å². The van der Waals surface area contributed by atoms with Crippen LogP contribution in [0.5, 0.6) is 0 Å². The van der Waals surface area contributed by atoms with Crippen molar-refractivity contribution in [1.82, 2.24) is 15.1 Å². The zero-order chi connectivity index (χ0) is 13.0. The van der Waals surface area contributed by atoms with E-state index in [-0.39, 0.29) is 0 Å². The third-order valence-corrected chi connectivity index (χ3v) is 3.05. The van der Waals surface area contributed by atoms with Crippen molar-refractivity contribution < 1.29 is 0 Å². The molecule has 0 unspecified atom stereocenters. The van der Waals surface area contributed by atoms with Crippen LogP contribution in [0.3, 0.4) is 0 Å². The maximum Gasteiger partial charge on any atom is 0.0669 e. The predicted octanol–water partition coefficient (Wildman–Crippen LogP) is 3.09. The first-order valence-corrected chi connectivity index (χ1v) is 6.83. The van der Waals surface area contributed by atoms with Gasteiger partial charge in [-0.2, -0.15) is 5.10 Å². The van der Waals surface area contributed by atoms with Crippen LogP contribution < -0.4 is 5.32 Å². The molecular weight excluding hydrogens is 210 g/mol. The minimum Gasteiger partial charge on any atom is -0.310 e. The molecule has 0 saturated heterocycles. The summed E-state index contributed by atoms with van der Waals surface area (Å²) in [5, 5.41) is 8.26. The smallest absolute Gasteiger partial charge is 0.0669 e. The molecule has 0 bridgehead atoms. The number of hydrogen-bond donors (Lipinski definition) is 1. The van der Waals surface area contributed by atoms with Crippen LogP contribution in [0.4, 0.5) is 0 Å². The number of nitrogens with one attached hydrogen (secondary N) is 1. The maximum absolute atomic E-state index is 4.75. The molecule has 98 valence electrons. The van der Waals surface area contributed by atoms with E-state index in [1.165, 1.54) is 17.0 Å². The monoisotopic (exact) mass is 237 g/mol. The first-order valence-electron chi connectivity index (χ1n) is 6.83. The van der Waals surface area contributed by atoms with Gasteiger partial charge in [0.2, 0.25) is 0 Å². The van der Waals surface area contributed by atoms with E-state index in [1.54, 1.807) is 0 Å². The molecule has 0 saturated carbocycles. The molecular formula is C14H27N3. The van der Waals surface area contributed by atoms with E-state index in [4.69, 9.17) is 5.10 Å². The minimum atomic E-state index is 0.447. The van der Waals surface area contributed by atoms with Gasteiger partial charge in [-0.3, -0.25) is 4.68 Å². The Morgan fingerprint density at radius 3 is 2.18 bits per heavy atom. The second-order valence-electron chi connectivity index (χ2n) is 5.15. The molecule has 1 aromatic rings. The maximum atomic E-state index is 4.75. The van der Waals surface area contributed by atoms with Crippen LogP contribution in [0.1, 0.15) is 64.5 Å². The molecule has 17 heavy (non-hydrogen) atoms. The fourth-order valence-corrected chi connectivity index (χ4v) is 2.15. The standard InChI is InChI=1S/C14H27N3/c1-7-13-12(9-15-10(3)4)14(8-2)17(16-13)11(5)6/h10-11,15H,7-9H2,1-6H3. The Morgan fingerprint density at radius 2 is 1.76 bits per heavy atom. The van der Waals surface area contributed by atoms with Crippen molar-refractivity contribution in [3.05, 3.63) is 17.0 Å². The molecule has 0 aliphatic heterocycles. The highest BCUT2D eigenvalue weighted by molar-refractivity contribution is 5.27. The third kappa shape index (κ3) is 3.32. The van der Waals surface area contributed by atoms with Crippen molar-refractivity contribution in [2.45, 2.75) is 73.0 Å². The first-order chi connectivity index (χ1) is 8.01. The highest BCUT2D eigenvalue weighted by atomic mass is 15.3. The molecule has 0 aromatic carbocycles. The normalized spacial score (nSPS) is 11.8. The number of rotatable bonds is 6. The lowest BCUT2D eigenvalue weighted by molar-refractivity contribution is 0.505. The molecule has 0 atom stereocenters. The molecule has 0 aliphatic rings.